The van der Waals surface area contributed by atoms with Crippen LogP contribution >= 0.6 is 11.8 Å². The van der Waals surface area contributed by atoms with Gasteiger partial charge in [-0.15, -0.1) is 0 Å². The van der Waals surface area contributed by atoms with E-state index in [2.05, 4.69) is 10.3 Å². The molecule has 0 aliphatic carbocycles. The summed E-state index contributed by atoms with van der Waals surface area (Å²) in [5.74, 6) is 0.00387. The maximum absolute atomic E-state index is 12.9. The van der Waals surface area contributed by atoms with Crippen molar-refractivity contribution in [1.29, 1.82) is 0 Å². The number of nitrogens with one attached hydrogen (secondary N) is 1. The monoisotopic (exact) mass is 436 g/mol. The number of para-hydroxylation sites is 1. The molecule has 4 amide bonds. The predicted octanol–water partition coefficient (Wildman–Crippen LogP) is 2.23. The number of fused-ring (bicyclic) bond motifs is 1. The van der Waals surface area contributed by atoms with Gasteiger partial charge in [0.25, 0.3) is 17.8 Å². The van der Waals surface area contributed by atoms with Gasteiger partial charge in [0.15, 0.2) is 0 Å². The van der Waals surface area contributed by atoms with Crippen LogP contribution in [0, 0.1) is 0 Å². The van der Waals surface area contributed by atoms with Gasteiger partial charge in [-0.1, -0.05) is 48.5 Å². The van der Waals surface area contributed by atoms with Gasteiger partial charge in [-0.3, -0.25) is 19.4 Å². The largest absolute Gasteiger partial charge is 0.358 e. The Morgan fingerprint density at radius 3 is 2.35 bits per heavy atom. The highest BCUT2D eigenvalue weighted by Gasteiger charge is 2.53. The molecule has 158 valence electrons. The van der Waals surface area contributed by atoms with Crippen LogP contribution in [0.5, 0.6) is 0 Å². The van der Waals surface area contributed by atoms with E-state index in [-0.39, 0.29) is 17.6 Å². The smallest absolute Gasteiger partial charge is 0.325 e. The minimum Gasteiger partial charge on any atom is -0.325 e. The van der Waals surface area contributed by atoms with Gasteiger partial charge in [-0.05, 0) is 34.5 Å². The molecule has 4 rings (SSSR count). The highest BCUT2D eigenvalue weighted by atomic mass is 32.2. The Hall–Kier alpha value is -3.46. The number of hydrogen-bond acceptors (Lipinski definition) is 5. The van der Waals surface area contributed by atoms with Gasteiger partial charge >= 0.3 is 11.2 Å². The van der Waals surface area contributed by atoms with E-state index in [4.69, 9.17) is 0 Å². The topological polar surface area (TPSA) is 85.1 Å². The van der Waals surface area contributed by atoms with Crippen molar-refractivity contribution in [2.24, 2.45) is 4.99 Å². The molecule has 0 bridgehead atoms. The van der Waals surface area contributed by atoms with Crippen LogP contribution in [0.15, 0.2) is 65.7 Å². The third kappa shape index (κ3) is 4.22. The first-order valence-electron chi connectivity index (χ1n) is 9.75. The Kier molecular flexibility index (Phi) is 5.85. The lowest BCUT2D eigenvalue weighted by Gasteiger charge is -2.30. The Morgan fingerprint density at radius 2 is 1.68 bits per heavy atom. The van der Waals surface area contributed by atoms with Crippen molar-refractivity contribution >= 4 is 46.3 Å². The van der Waals surface area contributed by atoms with E-state index in [0.29, 0.717) is 23.2 Å². The molecule has 0 aromatic heterocycles. The van der Waals surface area contributed by atoms with Crippen LogP contribution in [0.2, 0.25) is 0 Å². The van der Waals surface area contributed by atoms with Crippen LogP contribution in [-0.2, 0) is 16.1 Å². The zero-order valence-corrected chi connectivity index (χ0v) is 18.0. The standard InChI is InChI=1S/C22H21N5O3S/c1-25-19-18(20(29)26(2)22(25)30)27(13-15-9-5-3-6-10-15)21(24-19)31-14-17(28)23-16-11-7-4-8-12-16/h3-12,18H,13-14H2,1-2H3/p+1. The van der Waals surface area contributed by atoms with Gasteiger partial charge in [0.05, 0.1) is 5.75 Å². The Morgan fingerprint density at radius 1 is 1.03 bits per heavy atom. The fraction of sp³-hybridized carbons (Fsp3) is 0.227. The molecule has 0 saturated carbocycles. The average molecular weight is 437 g/mol. The van der Waals surface area contributed by atoms with Gasteiger partial charge in [0.1, 0.15) is 6.54 Å². The third-order valence-corrected chi connectivity index (χ3v) is 6.07. The Balaban J connectivity index is 1.59. The minimum absolute atomic E-state index is 0.126. The number of thioether (sulfide) groups is 1. The van der Waals surface area contributed by atoms with E-state index in [9.17, 15) is 14.4 Å². The first kappa shape index (κ1) is 20.8. The Bertz CT molecular complexity index is 1080. The highest BCUT2D eigenvalue weighted by Crippen LogP contribution is 2.24. The molecule has 2 aliphatic rings. The number of carbonyl (C=O) groups excluding carboxylic acids is 3. The zero-order valence-electron chi connectivity index (χ0n) is 17.2. The molecule has 1 unspecified atom stereocenters. The molecule has 31 heavy (non-hydrogen) atoms. The Labute approximate surface area is 184 Å². The van der Waals surface area contributed by atoms with Crippen LogP contribution < -0.4 is 5.32 Å². The number of rotatable bonds is 5. The molecule has 1 atom stereocenters. The fourth-order valence-electron chi connectivity index (χ4n) is 3.48. The number of amides is 4. The molecule has 2 aromatic carbocycles. The molecule has 1 fully saturated rings. The van der Waals surface area contributed by atoms with Crippen molar-refractivity contribution in [3.63, 3.8) is 0 Å². The van der Waals surface area contributed by atoms with E-state index < -0.39 is 12.1 Å². The molecule has 9 heteroatoms. The predicted molar refractivity (Wildman–Crippen MR) is 120 cm³/mol. The number of urea groups is 1. The van der Waals surface area contributed by atoms with Gasteiger partial charge < -0.3 is 5.32 Å². The number of benzene rings is 2. The fourth-order valence-corrected chi connectivity index (χ4v) is 4.31. The van der Waals surface area contributed by atoms with E-state index in [1.807, 2.05) is 65.2 Å². The third-order valence-electron chi connectivity index (χ3n) is 5.08. The van der Waals surface area contributed by atoms with Crippen molar-refractivity contribution < 1.29 is 19.0 Å². The number of hydrogen-bond donors (Lipinski definition) is 1. The first-order valence-corrected chi connectivity index (χ1v) is 10.7. The van der Waals surface area contributed by atoms with Crippen LogP contribution in [0.3, 0.4) is 0 Å². The zero-order chi connectivity index (χ0) is 22.0. The summed E-state index contributed by atoms with van der Waals surface area (Å²) >= 11 is 1.25. The molecule has 2 heterocycles. The average Bonchev–Trinajstić information content (AvgIpc) is 3.14. The molecular formula is C22H22N5O3S+. The van der Waals surface area contributed by atoms with E-state index in [0.717, 1.165) is 10.5 Å². The summed E-state index contributed by atoms with van der Waals surface area (Å²) in [6.07, 6.45) is 0. The van der Waals surface area contributed by atoms with Crippen LogP contribution in [0.4, 0.5) is 10.5 Å². The second kappa shape index (κ2) is 8.73. The lowest BCUT2D eigenvalue weighted by Crippen LogP contribution is -2.61. The van der Waals surface area contributed by atoms with Crippen LogP contribution in [0.25, 0.3) is 0 Å². The lowest BCUT2D eigenvalue weighted by atomic mass is 10.1. The van der Waals surface area contributed by atoms with Gasteiger partial charge in [0.2, 0.25) is 5.91 Å². The number of amidine groups is 2. The number of likely N-dealkylation sites (N-methyl/N-ethyl adjacent to an activating group) is 2. The van der Waals surface area contributed by atoms with Gasteiger partial charge in [-0.25, -0.2) is 9.37 Å². The van der Waals surface area contributed by atoms with E-state index in [1.165, 1.54) is 23.7 Å². The lowest BCUT2D eigenvalue weighted by molar-refractivity contribution is -0.548. The number of nitrogens with zero attached hydrogens (tertiary/aromatic N) is 4. The number of aliphatic imine (C=N–C) groups is 1. The van der Waals surface area contributed by atoms with Gasteiger partial charge in [-0.2, -0.15) is 0 Å². The minimum atomic E-state index is -0.701. The quantitative estimate of drug-likeness (QED) is 0.729. The summed E-state index contributed by atoms with van der Waals surface area (Å²) in [5.41, 5.74) is 1.72. The maximum Gasteiger partial charge on any atom is 0.358 e. The normalized spacial score (nSPS) is 18.3. The summed E-state index contributed by atoms with van der Waals surface area (Å²) in [4.78, 5) is 44.8. The number of carbonyl (C=O) groups is 3. The molecule has 1 N–H and O–H groups in total. The van der Waals surface area contributed by atoms with Crippen molar-refractivity contribution in [1.82, 2.24) is 9.80 Å². The van der Waals surface area contributed by atoms with Crippen molar-refractivity contribution in [3.05, 3.63) is 66.2 Å². The maximum atomic E-state index is 12.9. The summed E-state index contributed by atoms with van der Waals surface area (Å²) in [6.45, 7) is 0.433. The molecule has 0 radical (unpaired) electrons. The summed E-state index contributed by atoms with van der Waals surface area (Å²) in [7, 11) is 3.07. The summed E-state index contributed by atoms with van der Waals surface area (Å²) in [5, 5.41) is 3.38. The summed E-state index contributed by atoms with van der Waals surface area (Å²) in [6, 6.07) is 17.8. The number of anilines is 1. The molecule has 1 saturated heterocycles. The van der Waals surface area contributed by atoms with Crippen molar-refractivity contribution in [2.45, 2.75) is 12.6 Å². The van der Waals surface area contributed by atoms with Gasteiger partial charge in [0, 0.05) is 19.8 Å². The van der Waals surface area contributed by atoms with Crippen molar-refractivity contribution in [3.8, 4) is 0 Å². The molecule has 8 nitrogen and oxygen atoms in total. The highest BCUT2D eigenvalue weighted by molar-refractivity contribution is 8.14. The second-order valence-electron chi connectivity index (χ2n) is 7.21. The SMILES string of the molecule is CN1C(=O)C2C(=NC(SCC(=O)Nc3ccccc3)=[N+]2Cc2ccccc2)N(C)C1=O. The van der Waals surface area contributed by atoms with Crippen molar-refractivity contribution in [2.75, 3.05) is 25.2 Å². The molecular weight excluding hydrogens is 414 g/mol. The van der Waals surface area contributed by atoms with Crippen LogP contribution in [-0.4, -0.2) is 69.1 Å². The van der Waals surface area contributed by atoms with E-state index in [1.54, 1.807) is 7.05 Å². The molecule has 2 aliphatic heterocycles. The molecule has 2 aromatic rings. The molecule has 0 spiro atoms. The number of imide groups is 1. The van der Waals surface area contributed by atoms with Crippen LogP contribution in [0.1, 0.15) is 5.56 Å². The summed E-state index contributed by atoms with van der Waals surface area (Å²) < 4.78 is 1.85. The first-order chi connectivity index (χ1) is 15.0. The second-order valence-corrected chi connectivity index (χ2v) is 8.15. The van der Waals surface area contributed by atoms with E-state index >= 15 is 0 Å².